The van der Waals surface area contributed by atoms with Crippen LogP contribution in [-0.4, -0.2) is 0 Å². The molecule has 0 radical (unpaired) electrons. The Morgan fingerprint density at radius 3 is 1.70 bits per heavy atom. The standard InChI is InChI=1S/C66H56/c1-65(2,3)48-32-47(33-49(37-48)66(4,5)6)54-38-57-60-51(28-29-52-61-56(62(54)64(52)60)35-44-24-15-16-27-50(44)58(61)40-20-11-8-12-21-40)55-36-46-31-42-22-13-14-23-43(42)34-53(46)59(63(55)57)45-26-17-25-41(30-45)39-18-9-7-10-19-39/h8,11-17,20-39H,7,9-10,18-19H2,1-6H3. The van der Waals surface area contributed by atoms with Crippen LogP contribution in [0.3, 0.4) is 0 Å². The van der Waals surface area contributed by atoms with E-state index < -0.39 is 0 Å². The summed E-state index contributed by atoms with van der Waals surface area (Å²) in [5, 5.41) is 10.6. The minimum Gasteiger partial charge on any atom is -0.0622 e. The highest BCUT2D eigenvalue weighted by molar-refractivity contribution is 6.33. The summed E-state index contributed by atoms with van der Waals surface area (Å²) >= 11 is 0. The van der Waals surface area contributed by atoms with Crippen LogP contribution in [0.4, 0.5) is 0 Å². The average molecular weight is 849 g/mol. The van der Waals surface area contributed by atoms with Crippen molar-refractivity contribution in [2.75, 3.05) is 0 Å². The summed E-state index contributed by atoms with van der Waals surface area (Å²) in [5.74, 6) is 0.619. The van der Waals surface area contributed by atoms with Crippen LogP contribution in [-0.2, 0) is 10.8 Å². The molecule has 66 heavy (non-hydrogen) atoms. The van der Waals surface area contributed by atoms with Crippen molar-refractivity contribution in [3.8, 4) is 77.9 Å². The molecule has 0 nitrogen and oxygen atoms in total. The number of fused-ring (bicyclic) bond motifs is 9. The van der Waals surface area contributed by atoms with Gasteiger partial charge < -0.3 is 0 Å². The predicted octanol–water partition coefficient (Wildman–Crippen LogP) is 19.2. The number of benzene rings is 10. The Bertz CT molecular complexity index is 3640. The van der Waals surface area contributed by atoms with Crippen LogP contribution < -0.4 is 0 Å². The van der Waals surface area contributed by atoms with Gasteiger partial charge in [0.25, 0.3) is 0 Å². The Hall–Kier alpha value is -6.76. The molecular weight excluding hydrogens is 793 g/mol. The molecular formula is C66H56. The van der Waals surface area contributed by atoms with Crippen molar-refractivity contribution in [1.29, 1.82) is 0 Å². The maximum absolute atomic E-state index is 2.64. The second-order valence-corrected chi connectivity index (χ2v) is 21.9. The second-order valence-electron chi connectivity index (χ2n) is 21.9. The number of hydrogen-bond donors (Lipinski definition) is 0. The Morgan fingerprint density at radius 2 is 0.955 bits per heavy atom. The molecule has 13 rings (SSSR count). The first kappa shape index (κ1) is 39.6. The quantitative estimate of drug-likeness (QED) is 0.155. The van der Waals surface area contributed by atoms with Crippen LogP contribution in [0.2, 0.25) is 0 Å². The van der Waals surface area contributed by atoms with E-state index in [1.807, 2.05) is 0 Å². The molecule has 0 unspecified atom stereocenters. The monoisotopic (exact) mass is 848 g/mol. The van der Waals surface area contributed by atoms with E-state index >= 15 is 0 Å². The van der Waals surface area contributed by atoms with Gasteiger partial charge in [-0.2, -0.15) is 0 Å². The van der Waals surface area contributed by atoms with Crippen molar-refractivity contribution in [1.82, 2.24) is 0 Å². The molecule has 0 heterocycles. The lowest BCUT2D eigenvalue weighted by atomic mass is 9.77. The third-order valence-electron chi connectivity index (χ3n) is 15.7. The second kappa shape index (κ2) is 14.4. The van der Waals surface area contributed by atoms with E-state index in [1.54, 1.807) is 0 Å². The van der Waals surface area contributed by atoms with Crippen molar-refractivity contribution in [3.63, 3.8) is 0 Å². The van der Waals surface area contributed by atoms with Gasteiger partial charge >= 0.3 is 0 Å². The van der Waals surface area contributed by atoms with Gasteiger partial charge in [-0.05, 0) is 198 Å². The molecule has 0 amide bonds. The maximum Gasteiger partial charge on any atom is -0.000739 e. The maximum atomic E-state index is 2.64. The first-order chi connectivity index (χ1) is 32.0. The van der Waals surface area contributed by atoms with Crippen molar-refractivity contribution in [3.05, 3.63) is 180 Å². The normalized spacial score (nSPS) is 14.5. The molecule has 0 aliphatic heterocycles. The summed E-state index contributed by atoms with van der Waals surface area (Å²) in [6.07, 6.45) is 6.58. The minimum absolute atomic E-state index is 0.0261. The van der Waals surface area contributed by atoms with Crippen LogP contribution in [0.5, 0.6) is 0 Å². The van der Waals surface area contributed by atoms with Gasteiger partial charge in [0.15, 0.2) is 0 Å². The van der Waals surface area contributed by atoms with Crippen LogP contribution in [0.25, 0.3) is 121 Å². The summed E-state index contributed by atoms with van der Waals surface area (Å²) < 4.78 is 0. The lowest BCUT2D eigenvalue weighted by Crippen LogP contribution is -2.16. The predicted molar refractivity (Wildman–Crippen MR) is 285 cm³/mol. The summed E-state index contributed by atoms with van der Waals surface area (Å²) in [4.78, 5) is 0. The van der Waals surface area contributed by atoms with Gasteiger partial charge in [-0.1, -0.05) is 194 Å². The molecule has 3 aliphatic rings. The molecule has 0 saturated heterocycles. The summed E-state index contributed by atoms with van der Waals surface area (Å²) in [6, 6.07) is 64.0. The van der Waals surface area contributed by atoms with E-state index in [-0.39, 0.29) is 10.8 Å². The molecule has 1 saturated carbocycles. The fourth-order valence-corrected chi connectivity index (χ4v) is 12.3. The largest absolute Gasteiger partial charge is 0.0622 e. The molecule has 1 fully saturated rings. The van der Waals surface area contributed by atoms with E-state index in [2.05, 4.69) is 205 Å². The summed E-state index contributed by atoms with van der Waals surface area (Å²) in [5.41, 5.74) is 23.0. The summed E-state index contributed by atoms with van der Waals surface area (Å²) in [7, 11) is 0. The highest BCUT2D eigenvalue weighted by Gasteiger charge is 2.36. The van der Waals surface area contributed by atoms with E-state index in [4.69, 9.17) is 0 Å². The van der Waals surface area contributed by atoms with Crippen molar-refractivity contribution in [2.45, 2.75) is 90.4 Å². The van der Waals surface area contributed by atoms with Crippen LogP contribution in [0.15, 0.2) is 164 Å². The van der Waals surface area contributed by atoms with Crippen LogP contribution in [0.1, 0.15) is 96.3 Å². The van der Waals surface area contributed by atoms with E-state index in [0.29, 0.717) is 5.92 Å². The van der Waals surface area contributed by atoms with Gasteiger partial charge in [-0.3, -0.25) is 0 Å². The van der Waals surface area contributed by atoms with Gasteiger partial charge in [0.1, 0.15) is 0 Å². The highest BCUT2D eigenvalue weighted by Crippen LogP contribution is 2.63. The Balaban J connectivity index is 1.20. The molecule has 3 aliphatic carbocycles. The molecule has 0 spiro atoms. The van der Waals surface area contributed by atoms with Crippen molar-refractivity contribution < 1.29 is 0 Å². The zero-order valence-corrected chi connectivity index (χ0v) is 39.2. The highest BCUT2D eigenvalue weighted by atomic mass is 14.4. The van der Waals surface area contributed by atoms with Gasteiger partial charge in [0.2, 0.25) is 0 Å². The lowest BCUT2D eigenvalue weighted by Gasteiger charge is -2.27. The molecule has 0 N–H and O–H groups in total. The zero-order chi connectivity index (χ0) is 44.6. The first-order valence-corrected chi connectivity index (χ1v) is 24.5. The fourth-order valence-electron chi connectivity index (χ4n) is 12.3. The van der Waals surface area contributed by atoms with Gasteiger partial charge in [-0.15, -0.1) is 0 Å². The summed E-state index contributed by atoms with van der Waals surface area (Å²) in [6.45, 7) is 14.2. The molecule has 10 aromatic carbocycles. The number of hydrogen-bond acceptors (Lipinski definition) is 0. The van der Waals surface area contributed by atoms with Crippen molar-refractivity contribution >= 4 is 43.1 Å². The topological polar surface area (TPSA) is 0 Å². The number of rotatable bonds is 4. The molecule has 0 aromatic heterocycles. The zero-order valence-electron chi connectivity index (χ0n) is 39.2. The first-order valence-electron chi connectivity index (χ1n) is 24.5. The molecule has 0 atom stereocenters. The van der Waals surface area contributed by atoms with Crippen LogP contribution >= 0.6 is 0 Å². The van der Waals surface area contributed by atoms with Crippen molar-refractivity contribution in [2.24, 2.45) is 0 Å². The third kappa shape index (κ3) is 5.96. The molecule has 0 heteroatoms. The molecule has 10 aromatic rings. The van der Waals surface area contributed by atoms with Crippen LogP contribution in [0, 0.1) is 0 Å². The Labute approximate surface area is 390 Å². The lowest BCUT2D eigenvalue weighted by molar-refractivity contribution is 0.444. The molecule has 320 valence electrons. The Kier molecular flexibility index (Phi) is 8.62. The third-order valence-corrected chi connectivity index (χ3v) is 15.7. The fraction of sp³-hybridized carbons (Fsp3) is 0.212. The van der Waals surface area contributed by atoms with E-state index in [9.17, 15) is 0 Å². The van der Waals surface area contributed by atoms with Gasteiger partial charge in [0.05, 0.1) is 0 Å². The van der Waals surface area contributed by atoms with Gasteiger partial charge in [-0.25, -0.2) is 0 Å². The molecule has 0 bridgehead atoms. The minimum atomic E-state index is -0.0261. The average Bonchev–Trinajstić information content (AvgIpc) is 3.83. The smallest absolute Gasteiger partial charge is 0.000739 e. The van der Waals surface area contributed by atoms with E-state index in [1.165, 1.54) is 170 Å². The SMILES string of the molecule is CC(C)(C)c1cc(-c2cc3c4c(ccc5c4c2-c2cc4ccccc4c(-c4ccccc4)c2-5)-c2cc4cc5ccccc5cc4c(-c4cccc(C5CCCCC5)c4)c2-3)cc(C(C)(C)C)c1. The van der Waals surface area contributed by atoms with E-state index in [0.717, 1.165) is 0 Å². The Morgan fingerprint density at radius 1 is 0.333 bits per heavy atom. The van der Waals surface area contributed by atoms with Gasteiger partial charge in [0, 0.05) is 0 Å².